The van der Waals surface area contributed by atoms with Crippen molar-refractivity contribution in [2.75, 3.05) is 18.6 Å². The molecule has 1 aromatic rings. The number of ether oxygens (including phenoxy) is 1. The molecule has 11 heteroatoms. The third kappa shape index (κ3) is 3.04. The molecule has 120 valence electrons. The van der Waals surface area contributed by atoms with Crippen LogP contribution in [0.4, 0.5) is 15.3 Å². The summed E-state index contributed by atoms with van der Waals surface area (Å²) >= 11 is 3.09. The molecule has 8 nitrogen and oxygen atoms in total. The summed E-state index contributed by atoms with van der Waals surface area (Å²) in [7, 11) is -3.59. The highest BCUT2D eigenvalue weighted by atomic mass is 79.9. The van der Waals surface area contributed by atoms with Crippen molar-refractivity contribution in [3.8, 4) is 5.75 Å². The molecule has 0 N–H and O–H groups in total. The summed E-state index contributed by atoms with van der Waals surface area (Å²) in [4.78, 5) is 23.3. The van der Waals surface area contributed by atoms with E-state index in [4.69, 9.17) is 4.74 Å². The maximum Gasteiger partial charge on any atom is 0.307 e. The molecule has 0 bridgehead atoms. The van der Waals surface area contributed by atoms with E-state index in [1.165, 1.54) is 13.2 Å². The number of carbonyl (C=O) groups is 1. The lowest BCUT2D eigenvalue weighted by Gasteiger charge is -2.18. The van der Waals surface area contributed by atoms with Gasteiger partial charge in [-0.25, -0.2) is 0 Å². The highest BCUT2D eigenvalue weighted by Crippen LogP contribution is 2.41. The standard InChI is InChI=1S/C11H10BrFN2O6S/c1-21-6-2-8(12)11(9(3-6)15(17)18)14-5-7(4-10(14)16)22(13,19)20/h2-3,7H,4-5H2,1H3. The molecule has 1 atom stereocenters. The summed E-state index contributed by atoms with van der Waals surface area (Å²) in [6, 6.07) is 2.50. The van der Waals surface area contributed by atoms with Crippen LogP contribution in [-0.2, 0) is 15.0 Å². The zero-order chi connectivity index (χ0) is 16.7. The zero-order valence-electron chi connectivity index (χ0n) is 11.2. The van der Waals surface area contributed by atoms with E-state index in [0.717, 1.165) is 11.0 Å². The molecule has 2 rings (SSSR count). The minimum absolute atomic E-state index is 0.123. The second-order valence-corrected chi connectivity index (χ2v) is 7.01. The molecule has 1 unspecified atom stereocenters. The van der Waals surface area contributed by atoms with E-state index in [2.05, 4.69) is 15.9 Å². The molecule has 1 fully saturated rings. The van der Waals surface area contributed by atoms with Crippen LogP contribution in [0.1, 0.15) is 6.42 Å². The molecule has 22 heavy (non-hydrogen) atoms. The summed E-state index contributed by atoms with van der Waals surface area (Å²) in [5.41, 5.74) is -0.571. The number of amides is 1. The SMILES string of the molecule is COc1cc(Br)c(N2CC(S(=O)(=O)F)CC2=O)c([N+](=O)[O-])c1. The maximum absolute atomic E-state index is 13.1. The summed E-state index contributed by atoms with van der Waals surface area (Å²) in [5, 5.41) is 9.65. The van der Waals surface area contributed by atoms with E-state index in [0.29, 0.717) is 0 Å². The van der Waals surface area contributed by atoms with Crippen molar-refractivity contribution >= 4 is 43.4 Å². The Kier molecular flexibility index (Phi) is 4.38. The van der Waals surface area contributed by atoms with E-state index >= 15 is 0 Å². The second-order valence-electron chi connectivity index (χ2n) is 4.54. The van der Waals surface area contributed by atoms with Crippen LogP contribution in [0.2, 0.25) is 0 Å². The summed E-state index contributed by atoms with van der Waals surface area (Å²) in [5.74, 6) is -0.524. The fourth-order valence-corrected chi connectivity index (χ4v) is 3.48. The van der Waals surface area contributed by atoms with Crippen molar-refractivity contribution in [3.05, 3.63) is 26.7 Å². The number of anilines is 1. The molecule has 0 aromatic heterocycles. The molecule has 0 saturated carbocycles. The van der Waals surface area contributed by atoms with E-state index in [1.54, 1.807) is 0 Å². The fourth-order valence-electron chi connectivity index (χ4n) is 2.16. The Morgan fingerprint density at radius 3 is 2.59 bits per heavy atom. The predicted molar refractivity (Wildman–Crippen MR) is 78.1 cm³/mol. The topological polar surface area (TPSA) is 107 Å². The van der Waals surface area contributed by atoms with Gasteiger partial charge in [0.05, 0.1) is 22.6 Å². The summed E-state index contributed by atoms with van der Waals surface area (Å²) in [6.45, 7) is -0.483. The molecular formula is C11H10BrFN2O6S. The number of nitrogens with zero attached hydrogens (tertiary/aromatic N) is 2. The van der Waals surface area contributed by atoms with Crippen molar-refractivity contribution in [3.63, 3.8) is 0 Å². The van der Waals surface area contributed by atoms with Gasteiger partial charge < -0.3 is 9.64 Å². The molecule has 1 saturated heterocycles. The van der Waals surface area contributed by atoms with Crippen LogP contribution in [0.3, 0.4) is 0 Å². The molecule has 1 aliphatic rings. The molecule has 0 aliphatic carbocycles. The third-order valence-electron chi connectivity index (χ3n) is 3.21. The van der Waals surface area contributed by atoms with Crippen molar-refractivity contribution < 1.29 is 26.8 Å². The van der Waals surface area contributed by atoms with Gasteiger partial charge >= 0.3 is 10.2 Å². The van der Waals surface area contributed by atoms with Gasteiger partial charge in [0, 0.05) is 13.0 Å². The average Bonchev–Trinajstić information content (AvgIpc) is 2.79. The molecule has 0 radical (unpaired) electrons. The van der Waals surface area contributed by atoms with Gasteiger partial charge in [0.15, 0.2) is 0 Å². The van der Waals surface area contributed by atoms with Gasteiger partial charge in [0.25, 0.3) is 5.69 Å². The normalized spacial score (nSPS) is 18.6. The van der Waals surface area contributed by atoms with E-state index < -0.39 is 45.0 Å². The number of nitro groups is 1. The lowest BCUT2D eigenvalue weighted by Crippen LogP contribution is -2.28. The highest BCUT2D eigenvalue weighted by Gasteiger charge is 2.42. The Bertz CT molecular complexity index is 753. The summed E-state index contributed by atoms with van der Waals surface area (Å²) in [6.07, 6.45) is -0.561. The number of methoxy groups -OCH3 is 1. The molecular weight excluding hydrogens is 387 g/mol. The number of nitro benzene ring substituents is 1. The van der Waals surface area contributed by atoms with Gasteiger partial charge in [-0.3, -0.25) is 14.9 Å². The first kappa shape index (κ1) is 16.6. The predicted octanol–water partition coefficient (Wildman–Crippen LogP) is 1.77. The molecule has 1 aromatic carbocycles. The second kappa shape index (κ2) is 5.80. The number of benzene rings is 1. The zero-order valence-corrected chi connectivity index (χ0v) is 13.6. The first-order chi connectivity index (χ1) is 10.1. The van der Waals surface area contributed by atoms with Crippen LogP contribution < -0.4 is 9.64 Å². The van der Waals surface area contributed by atoms with Crippen LogP contribution >= 0.6 is 15.9 Å². The Hall–Kier alpha value is -1.75. The van der Waals surface area contributed by atoms with Gasteiger partial charge in [-0.05, 0) is 22.0 Å². The van der Waals surface area contributed by atoms with Crippen molar-refractivity contribution in [1.29, 1.82) is 0 Å². The van der Waals surface area contributed by atoms with Crippen LogP contribution in [0.5, 0.6) is 5.75 Å². The van der Waals surface area contributed by atoms with Crippen LogP contribution in [-0.4, -0.2) is 38.2 Å². The third-order valence-corrected chi connectivity index (χ3v) is 4.92. The molecule has 1 heterocycles. The lowest BCUT2D eigenvalue weighted by atomic mass is 10.2. The molecule has 1 aliphatic heterocycles. The Morgan fingerprint density at radius 1 is 1.50 bits per heavy atom. The monoisotopic (exact) mass is 396 g/mol. The average molecular weight is 397 g/mol. The smallest absolute Gasteiger partial charge is 0.307 e. The number of carbonyl (C=O) groups excluding carboxylic acids is 1. The first-order valence-electron chi connectivity index (χ1n) is 5.91. The number of hydrogen-bond donors (Lipinski definition) is 0. The highest BCUT2D eigenvalue weighted by molar-refractivity contribution is 9.10. The summed E-state index contributed by atoms with van der Waals surface area (Å²) < 4.78 is 40.0. The quantitative estimate of drug-likeness (QED) is 0.436. The lowest BCUT2D eigenvalue weighted by molar-refractivity contribution is -0.384. The minimum Gasteiger partial charge on any atom is -0.496 e. The number of rotatable bonds is 4. The Morgan fingerprint density at radius 2 is 2.14 bits per heavy atom. The Balaban J connectivity index is 2.53. The number of hydrogen-bond acceptors (Lipinski definition) is 6. The van der Waals surface area contributed by atoms with E-state index in [1.807, 2.05) is 0 Å². The minimum atomic E-state index is -4.91. The van der Waals surface area contributed by atoms with Crippen LogP contribution in [0.15, 0.2) is 16.6 Å². The van der Waals surface area contributed by atoms with Crippen LogP contribution in [0, 0.1) is 10.1 Å². The fraction of sp³-hybridized carbons (Fsp3) is 0.364. The van der Waals surface area contributed by atoms with E-state index in [-0.39, 0.29) is 15.9 Å². The van der Waals surface area contributed by atoms with Gasteiger partial charge in [-0.15, -0.1) is 3.89 Å². The van der Waals surface area contributed by atoms with E-state index in [9.17, 15) is 27.2 Å². The first-order valence-corrected chi connectivity index (χ1v) is 8.15. The maximum atomic E-state index is 13.1. The van der Waals surface area contributed by atoms with Crippen molar-refractivity contribution in [2.24, 2.45) is 0 Å². The largest absolute Gasteiger partial charge is 0.496 e. The van der Waals surface area contributed by atoms with Crippen molar-refractivity contribution in [1.82, 2.24) is 0 Å². The molecule has 1 amide bonds. The molecule has 0 spiro atoms. The van der Waals surface area contributed by atoms with Crippen LogP contribution in [0.25, 0.3) is 0 Å². The van der Waals surface area contributed by atoms with Gasteiger partial charge in [-0.1, -0.05) is 0 Å². The van der Waals surface area contributed by atoms with Gasteiger partial charge in [0.2, 0.25) is 5.91 Å². The number of halogens is 2. The Labute approximate surface area is 133 Å². The van der Waals surface area contributed by atoms with Gasteiger partial charge in [-0.2, -0.15) is 8.42 Å². The van der Waals surface area contributed by atoms with Crippen molar-refractivity contribution in [2.45, 2.75) is 11.7 Å². The van der Waals surface area contributed by atoms with Gasteiger partial charge in [0.1, 0.15) is 16.7 Å².